The summed E-state index contributed by atoms with van der Waals surface area (Å²) in [7, 11) is 1.74. The van der Waals surface area contributed by atoms with E-state index in [1.165, 1.54) is 23.3 Å². The van der Waals surface area contributed by atoms with Crippen LogP contribution in [0.1, 0.15) is 28.8 Å². The van der Waals surface area contributed by atoms with Crippen molar-refractivity contribution in [3.05, 3.63) is 51.7 Å². The molecule has 1 aliphatic rings. The van der Waals surface area contributed by atoms with Crippen LogP contribution in [0.4, 0.5) is 0 Å². The highest BCUT2D eigenvalue weighted by molar-refractivity contribution is 7.09. The van der Waals surface area contributed by atoms with Gasteiger partial charge in [-0.05, 0) is 42.0 Å². The maximum absolute atomic E-state index is 5.77. The van der Waals surface area contributed by atoms with Crippen molar-refractivity contribution in [3.63, 3.8) is 0 Å². The van der Waals surface area contributed by atoms with Gasteiger partial charge in [-0.25, -0.2) is 0 Å². The lowest BCUT2D eigenvalue weighted by atomic mass is 10.1. The van der Waals surface area contributed by atoms with Gasteiger partial charge in [-0.3, -0.25) is 4.90 Å². The second kappa shape index (κ2) is 6.60. The fourth-order valence-electron chi connectivity index (χ4n) is 2.66. The first kappa shape index (κ1) is 14.6. The minimum atomic E-state index is 0.575. The fourth-order valence-corrected chi connectivity index (χ4v) is 3.39. The fraction of sp³-hybridized carbons (Fsp3) is 0.412. The van der Waals surface area contributed by atoms with Crippen LogP contribution in [0.25, 0.3) is 0 Å². The van der Waals surface area contributed by atoms with Gasteiger partial charge in [-0.15, -0.1) is 11.3 Å². The number of thiophene rings is 1. The standard InChI is InChI=1S/C17H22N2OS/c1-20-17-7-4-13(10-18)9-14(17)11-19(15-5-6-15)12-16-3-2-8-21-16/h2-4,7-9,15H,5-6,10-12,18H2,1H3. The zero-order valence-electron chi connectivity index (χ0n) is 12.4. The number of nitrogens with zero attached hydrogens (tertiary/aromatic N) is 1. The van der Waals surface area contributed by atoms with Gasteiger partial charge in [0.2, 0.25) is 0 Å². The minimum absolute atomic E-state index is 0.575. The smallest absolute Gasteiger partial charge is 0.123 e. The van der Waals surface area contributed by atoms with E-state index in [9.17, 15) is 0 Å². The summed E-state index contributed by atoms with van der Waals surface area (Å²) in [4.78, 5) is 3.99. The van der Waals surface area contributed by atoms with Crippen LogP contribution in [0.5, 0.6) is 5.75 Å². The molecule has 0 atom stereocenters. The summed E-state index contributed by atoms with van der Waals surface area (Å²) in [5.41, 5.74) is 8.17. The maximum atomic E-state index is 5.77. The summed E-state index contributed by atoms with van der Waals surface area (Å²) in [5.74, 6) is 0.962. The molecule has 0 unspecified atom stereocenters. The van der Waals surface area contributed by atoms with E-state index in [1.807, 2.05) is 23.5 Å². The highest BCUT2D eigenvalue weighted by Gasteiger charge is 2.29. The molecule has 0 saturated heterocycles. The van der Waals surface area contributed by atoms with Crippen molar-refractivity contribution in [3.8, 4) is 5.75 Å². The van der Waals surface area contributed by atoms with Gasteiger partial charge < -0.3 is 10.5 Å². The Morgan fingerprint density at radius 2 is 2.14 bits per heavy atom. The molecule has 0 radical (unpaired) electrons. The van der Waals surface area contributed by atoms with Crippen LogP contribution < -0.4 is 10.5 Å². The summed E-state index contributed by atoms with van der Waals surface area (Å²) in [6.07, 6.45) is 2.62. The van der Waals surface area contributed by atoms with Crippen molar-refractivity contribution in [2.45, 2.75) is 38.5 Å². The summed E-state index contributed by atoms with van der Waals surface area (Å²) in [6.45, 7) is 2.53. The molecule has 2 N–H and O–H groups in total. The zero-order valence-corrected chi connectivity index (χ0v) is 13.2. The number of benzene rings is 1. The van der Waals surface area contributed by atoms with Crippen molar-refractivity contribution in [1.82, 2.24) is 4.90 Å². The third kappa shape index (κ3) is 3.64. The average molecular weight is 302 g/mol. The minimum Gasteiger partial charge on any atom is -0.496 e. The summed E-state index contributed by atoms with van der Waals surface area (Å²) < 4.78 is 5.52. The second-order valence-electron chi connectivity index (χ2n) is 5.57. The van der Waals surface area contributed by atoms with Gasteiger partial charge in [-0.2, -0.15) is 0 Å². The third-order valence-electron chi connectivity index (χ3n) is 3.96. The number of hydrogen-bond donors (Lipinski definition) is 1. The molecule has 0 bridgehead atoms. The number of methoxy groups -OCH3 is 1. The van der Waals surface area contributed by atoms with Gasteiger partial charge in [0, 0.05) is 36.1 Å². The van der Waals surface area contributed by atoms with E-state index in [4.69, 9.17) is 10.5 Å². The predicted molar refractivity (Wildman–Crippen MR) is 87.5 cm³/mol. The first-order chi connectivity index (χ1) is 10.3. The Balaban J connectivity index is 1.78. The maximum Gasteiger partial charge on any atom is 0.123 e. The molecule has 4 heteroatoms. The monoisotopic (exact) mass is 302 g/mol. The third-order valence-corrected chi connectivity index (χ3v) is 4.82. The Hall–Kier alpha value is -1.36. The van der Waals surface area contributed by atoms with Crippen LogP contribution in [-0.2, 0) is 19.6 Å². The molecule has 1 aromatic carbocycles. The Bertz CT molecular complexity index is 578. The topological polar surface area (TPSA) is 38.5 Å². The molecule has 1 aliphatic carbocycles. The van der Waals surface area contributed by atoms with E-state index in [0.29, 0.717) is 6.54 Å². The Labute approximate surface area is 130 Å². The molecule has 0 amide bonds. The van der Waals surface area contributed by atoms with Gasteiger partial charge in [0.05, 0.1) is 7.11 Å². The number of ether oxygens (including phenoxy) is 1. The van der Waals surface area contributed by atoms with Crippen molar-refractivity contribution < 1.29 is 4.74 Å². The van der Waals surface area contributed by atoms with Crippen molar-refractivity contribution in [2.75, 3.05) is 7.11 Å². The predicted octanol–water partition coefficient (Wildman–Crippen LogP) is 3.38. The molecule has 0 aliphatic heterocycles. The van der Waals surface area contributed by atoms with E-state index in [0.717, 1.165) is 30.4 Å². The van der Waals surface area contributed by atoms with E-state index < -0.39 is 0 Å². The normalized spacial score (nSPS) is 14.6. The van der Waals surface area contributed by atoms with Crippen LogP contribution in [0.2, 0.25) is 0 Å². The number of rotatable bonds is 7. The number of nitrogens with two attached hydrogens (primary N) is 1. The number of hydrogen-bond acceptors (Lipinski definition) is 4. The van der Waals surface area contributed by atoms with Crippen molar-refractivity contribution in [1.29, 1.82) is 0 Å². The first-order valence-corrected chi connectivity index (χ1v) is 8.30. The molecule has 3 nitrogen and oxygen atoms in total. The van der Waals surface area contributed by atoms with E-state index in [2.05, 4.69) is 28.5 Å². The first-order valence-electron chi connectivity index (χ1n) is 7.42. The van der Waals surface area contributed by atoms with Gasteiger partial charge in [0.25, 0.3) is 0 Å². The lowest BCUT2D eigenvalue weighted by Crippen LogP contribution is -2.25. The van der Waals surface area contributed by atoms with Crippen LogP contribution in [-0.4, -0.2) is 18.1 Å². The zero-order chi connectivity index (χ0) is 14.7. The lowest BCUT2D eigenvalue weighted by Gasteiger charge is -2.23. The molecule has 1 aromatic heterocycles. The molecular weight excluding hydrogens is 280 g/mol. The second-order valence-corrected chi connectivity index (χ2v) is 6.60. The Kier molecular flexibility index (Phi) is 4.58. The van der Waals surface area contributed by atoms with E-state index in [1.54, 1.807) is 7.11 Å². The molecule has 2 aromatic rings. The molecule has 1 heterocycles. The van der Waals surface area contributed by atoms with Gasteiger partial charge in [0.1, 0.15) is 5.75 Å². The lowest BCUT2D eigenvalue weighted by molar-refractivity contribution is 0.244. The molecule has 0 spiro atoms. The summed E-state index contributed by atoms with van der Waals surface area (Å²) in [6, 6.07) is 11.3. The average Bonchev–Trinajstić information content (AvgIpc) is 3.24. The summed E-state index contributed by atoms with van der Waals surface area (Å²) in [5, 5.41) is 2.15. The van der Waals surface area contributed by atoms with Crippen LogP contribution in [0, 0.1) is 0 Å². The largest absolute Gasteiger partial charge is 0.496 e. The SMILES string of the molecule is COc1ccc(CN)cc1CN(Cc1cccs1)C1CC1. The Morgan fingerprint density at radius 1 is 1.29 bits per heavy atom. The molecule has 112 valence electrons. The quantitative estimate of drug-likeness (QED) is 0.852. The van der Waals surface area contributed by atoms with E-state index >= 15 is 0 Å². The van der Waals surface area contributed by atoms with Crippen LogP contribution in [0.3, 0.4) is 0 Å². The van der Waals surface area contributed by atoms with Gasteiger partial charge >= 0.3 is 0 Å². The van der Waals surface area contributed by atoms with Crippen molar-refractivity contribution >= 4 is 11.3 Å². The van der Waals surface area contributed by atoms with Gasteiger partial charge in [-0.1, -0.05) is 12.1 Å². The molecule has 1 saturated carbocycles. The highest BCUT2D eigenvalue weighted by Crippen LogP contribution is 2.32. The van der Waals surface area contributed by atoms with Crippen LogP contribution in [0.15, 0.2) is 35.7 Å². The van der Waals surface area contributed by atoms with Crippen LogP contribution >= 0.6 is 11.3 Å². The highest BCUT2D eigenvalue weighted by atomic mass is 32.1. The Morgan fingerprint density at radius 3 is 2.76 bits per heavy atom. The van der Waals surface area contributed by atoms with Gasteiger partial charge in [0.15, 0.2) is 0 Å². The summed E-state index contributed by atoms with van der Waals surface area (Å²) >= 11 is 1.83. The molecular formula is C17H22N2OS. The van der Waals surface area contributed by atoms with E-state index in [-0.39, 0.29) is 0 Å². The molecule has 21 heavy (non-hydrogen) atoms. The molecule has 3 rings (SSSR count). The molecule has 1 fully saturated rings. The van der Waals surface area contributed by atoms with Crippen molar-refractivity contribution in [2.24, 2.45) is 5.73 Å².